The summed E-state index contributed by atoms with van der Waals surface area (Å²) in [7, 11) is -3.02. The van der Waals surface area contributed by atoms with Crippen molar-refractivity contribution in [3.8, 4) is 0 Å². The van der Waals surface area contributed by atoms with Crippen LogP contribution in [0.3, 0.4) is 0 Å². The summed E-state index contributed by atoms with van der Waals surface area (Å²) in [5.41, 5.74) is 1.20. The van der Waals surface area contributed by atoms with E-state index in [0.29, 0.717) is 13.0 Å². The van der Waals surface area contributed by atoms with Crippen LogP contribution >= 0.6 is 11.3 Å². The molecule has 22 heavy (non-hydrogen) atoms. The van der Waals surface area contributed by atoms with Gasteiger partial charge in [-0.2, -0.15) is 11.3 Å². The molecule has 2 rings (SSSR count). The molecule has 1 aliphatic rings. The van der Waals surface area contributed by atoms with Gasteiger partial charge in [0.25, 0.3) is 0 Å². The van der Waals surface area contributed by atoms with Crippen LogP contribution in [-0.4, -0.2) is 50.4 Å². The molecule has 0 radical (unpaired) electrons. The predicted octanol–water partition coefficient (Wildman–Crippen LogP) is 1.68. The second kappa shape index (κ2) is 7.57. The van der Waals surface area contributed by atoms with Crippen molar-refractivity contribution in [1.29, 1.82) is 0 Å². The Morgan fingerprint density at radius 1 is 1.45 bits per heavy atom. The van der Waals surface area contributed by atoms with Gasteiger partial charge in [0, 0.05) is 6.54 Å². The molecule has 1 saturated heterocycles. The van der Waals surface area contributed by atoms with E-state index in [9.17, 15) is 13.2 Å². The predicted molar refractivity (Wildman–Crippen MR) is 89.8 cm³/mol. The molecule has 2 atom stereocenters. The van der Waals surface area contributed by atoms with Crippen LogP contribution in [0.15, 0.2) is 16.8 Å². The van der Waals surface area contributed by atoms with Gasteiger partial charge >= 0.3 is 0 Å². The molecule has 7 heteroatoms. The minimum Gasteiger partial charge on any atom is -0.354 e. The van der Waals surface area contributed by atoms with Gasteiger partial charge in [-0.25, -0.2) is 8.42 Å². The summed E-state index contributed by atoms with van der Waals surface area (Å²) in [5, 5.41) is 7.10. The third kappa shape index (κ3) is 4.30. The summed E-state index contributed by atoms with van der Waals surface area (Å²) in [6.07, 6.45) is 0.447. The molecule has 1 fully saturated rings. The lowest BCUT2D eigenvalue weighted by atomic mass is 10.1. The molecule has 1 aromatic heterocycles. The molecule has 2 heterocycles. The van der Waals surface area contributed by atoms with E-state index in [1.165, 1.54) is 5.56 Å². The minimum atomic E-state index is -3.02. The molecule has 1 aromatic rings. The largest absolute Gasteiger partial charge is 0.354 e. The first-order valence-corrected chi connectivity index (χ1v) is 10.5. The number of carbonyl (C=O) groups is 1. The van der Waals surface area contributed by atoms with Crippen LogP contribution in [0.25, 0.3) is 0 Å². The van der Waals surface area contributed by atoms with Gasteiger partial charge in [0.15, 0.2) is 9.84 Å². The first-order valence-electron chi connectivity index (χ1n) is 7.71. The van der Waals surface area contributed by atoms with Crippen molar-refractivity contribution in [2.24, 2.45) is 5.92 Å². The highest BCUT2D eigenvalue weighted by molar-refractivity contribution is 7.91. The first-order chi connectivity index (χ1) is 10.5. The molecule has 0 spiro atoms. The monoisotopic (exact) mass is 344 g/mol. The topological polar surface area (TPSA) is 66.5 Å². The standard InChI is InChI=1S/C15H24N2O3S2/c1-3-17(4-2)14(12-5-7-21-10-12)9-16-15(18)13-6-8-22(19,20)11-13/h5,7,10,13-14H,3-4,6,8-9,11H2,1-2H3,(H,16,18)/t13-,14+/m0/s1. The fourth-order valence-corrected chi connectivity index (χ4v) is 5.38. The van der Waals surface area contributed by atoms with Gasteiger partial charge in [-0.05, 0) is 41.9 Å². The zero-order chi connectivity index (χ0) is 16.2. The summed E-state index contributed by atoms with van der Waals surface area (Å²) in [6, 6.07) is 2.23. The number of nitrogens with zero attached hydrogens (tertiary/aromatic N) is 1. The highest BCUT2D eigenvalue weighted by Gasteiger charge is 2.33. The minimum absolute atomic E-state index is 0.00673. The van der Waals surface area contributed by atoms with Gasteiger partial charge in [0.2, 0.25) is 5.91 Å². The maximum atomic E-state index is 12.2. The molecular formula is C15H24N2O3S2. The van der Waals surface area contributed by atoms with Crippen LogP contribution in [-0.2, 0) is 14.6 Å². The molecule has 5 nitrogen and oxygen atoms in total. The van der Waals surface area contributed by atoms with Crippen LogP contribution in [0.1, 0.15) is 31.9 Å². The lowest BCUT2D eigenvalue weighted by Crippen LogP contribution is -2.40. The SMILES string of the molecule is CCN(CC)[C@H](CNC(=O)[C@H]1CCS(=O)(=O)C1)c1ccsc1. The van der Waals surface area contributed by atoms with Gasteiger partial charge in [0.1, 0.15) is 0 Å². The van der Waals surface area contributed by atoms with Crippen molar-refractivity contribution in [2.75, 3.05) is 31.1 Å². The molecule has 124 valence electrons. The number of nitrogens with one attached hydrogen (secondary N) is 1. The van der Waals surface area contributed by atoms with E-state index in [1.807, 2.05) is 5.38 Å². The number of thiophene rings is 1. The van der Waals surface area contributed by atoms with Gasteiger partial charge in [0.05, 0.1) is 23.5 Å². The fourth-order valence-electron chi connectivity index (χ4n) is 2.93. The number of hydrogen-bond donors (Lipinski definition) is 1. The van der Waals surface area contributed by atoms with Crippen molar-refractivity contribution < 1.29 is 13.2 Å². The maximum absolute atomic E-state index is 12.2. The highest BCUT2D eigenvalue weighted by atomic mass is 32.2. The quantitative estimate of drug-likeness (QED) is 0.817. The lowest BCUT2D eigenvalue weighted by Gasteiger charge is -2.29. The molecule has 1 N–H and O–H groups in total. The van der Waals surface area contributed by atoms with E-state index < -0.39 is 9.84 Å². The molecule has 0 unspecified atom stereocenters. The van der Waals surface area contributed by atoms with Crippen LogP contribution in [0.2, 0.25) is 0 Å². The Morgan fingerprint density at radius 2 is 2.18 bits per heavy atom. The number of rotatable bonds is 7. The Morgan fingerprint density at radius 3 is 2.68 bits per heavy atom. The van der Waals surface area contributed by atoms with Crippen LogP contribution in [0.5, 0.6) is 0 Å². The molecule has 0 saturated carbocycles. The van der Waals surface area contributed by atoms with Gasteiger partial charge < -0.3 is 5.32 Å². The van der Waals surface area contributed by atoms with E-state index >= 15 is 0 Å². The molecule has 0 aromatic carbocycles. The number of likely N-dealkylation sites (N-methyl/N-ethyl adjacent to an activating group) is 1. The third-order valence-electron chi connectivity index (χ3n) is 4.25. The Labute approximate surface area is 136 Å². The number of carbonyl (C=O) groups excluding carboxylic acids is 1. The third-order valence-corrected chi connectivity index (χ3v) is 6.72. The van der Waals surface area contributed by atoms with E-state index in [4.69, 9.17) is 0 Å². The van der Waals surface area contributed by atoms with Gasteiger partial charge in [-0.15, -0.1) is 0 Å². The van der Waals surface area contributed by atoms with Crippen molar-refractivity contribution in [3.05, 3.63) is 22.4 Å². The summed E-state index contributed by atoms with van der Waals surface area (Å²) in [6.45, 7) is 6.55. The Kier molecular flexibility index (Phi) is 6.00. The Balaban J connectivity index is 1.98. The summed E-state index contributed by atoms with van der Waals surface area (Å²) < 4.78 is 23.0. The van der Waals surface area contributed by atoms with E-state index in [2.05, 4.69) is 35.5 Å². The number of amides is 1. The lowest BCUT2D eigenvalue weighted by molar-refractivity contribution is -0.124. The maximum Gasteiger partial charge on any atom is 0.224 e. The summed E-state index contributed by atoms with van der Waals surface area (Å²) in [4.78, 5) is 14.5. The highest BCUT2D eigenvalue weighted by Crippen LogP contribution is 2.23. The van der Waals surface area contributed by atoms with Crippen LogP contribution < -0.4 is 5.32 Å². The first kappa shape index (κ1) is 17.4. The Hall–Kier alpha value is -0.920. The van der Waals surface area contributed by atoms with E-state index in [0.717, 1.165) is 13.1 Å². The smallest absolute Gasteiger partial charge is 0.224 e. The second-order valence-corrected chi connectivity index (χ2v) is 8.65. The van der Waals surface area contributed by atoms with Crippen molar-refractivity contribution in [3.63, 3.8) is 0 Å². The summed E-state index contributed by atoms with van der Waals surface area (Å²) >= 11 is 1.65. The van der Waals surface area contributed by atoms with Gasteiger partial charge in [-0.1, -0.05) is 13.8 Å². The molecule has 0 aliphatic carbocycles. The number of sulfone groups is 1. The average Bonchev–Trinajstić information content (AvgIpc) is 3.12. The zero-order valence-electron chi connectivity index (χ0n) is 13.1. The van der Waals surface area contributed by atoms with E-state index in [1.54, 1.807) is 11.3 Å². The Bertz CT molecular complexity index is 580. The molecule has 1 aliphatic heterocycles. The van der Waals surface area contributed by atoms with Crippen molar-refractivity contribution >= 4 is 27.1 Å². The van der Waals surface area contributed by atoms with Crippen LogP contribution in [0, 0.1) is 5.92 Å². The van der Waals surface area contributed by atoms with Crippen molar-refractivity contribution in [1.82, 2.24) is 10.2 Å². The molecular weight excluding hydrogens is 320 g/mol. The number of hydrogen-bond acceptors (Lipinski definition) is 5. The normalized spacial score (nSPS) is 21.9. The molecule has 0 bridgehead atoms. The fraction of sp³-hybridized carbons (Fsp3) is 0.667. The van der Waals surface area contributed by atoms with Crippen molar-refractivity contribution in [2.45, 2.75) is 26.3 Å². The second-order valence-electron chi connectivity index (χ2n) is 5.64. The zero-order valence-corrected chi connectivity index (χ0v) is 14.8. The average molecular weight is 345 g/mol. The summed E-state index contributed by atoms with van der Waals surface area (Å²) in [5.74, 6) is -0.388. The van der Waals surface area contributed by atoms with E-state index in [-0.39, 0.29) is 29.4 Å². The van der Waals surface area contributed by atoms with Crippen LogP contribution in [0.4, 0.5) is 0 Å². The van der Waals surface area contributed by atoms with Gasteiger partial charge in [-0.3, -0.25) is 9.69 Å². The molecule has 1 amide bonds.